The Morgan fingerprint density at radius 2 is 2.36 bits per heavy atom. The quantitative estimate of drug-likeness (QED) is 0.619. The van der Waals surface area contributed by atoms with Gasteiger partial charge in [-0.3, -0.25) is 0 Å². The number of nitrogens with two attached hydrogens (primary N) is 1. The maximum atomic E-state index is 5.35. The van der Waals surface area contributed by atoms with Crippen molar-refractivity contribution < 1.29 is 0 Å². The molecule has 0 spiro atoms. The second-order valence-electron chi connectivity index (χ2n) is 2.15. The van der Waals surface area contributed by atoms with Crippen LogP contribution in [0, 0.1) is 0 Å². The highest BCUT2D eigenvalue weighted by Gasteiger charge is 2.00. The minimum absolute atomic E-state index is 0.592. The van der Waals surface area contributed by atoms with Crippen molar-refractivity contribution in [3.8, 4) is 0 Å². The molecule has 0 unspecified atom stereocenters. The molecule has 0 saturated heterocycles. The molecule has 0 aromatic carbocycles. The summed E-state index contributed by atoms with van der Waals surface area (Å²) in [5.41, 5.74) is 5.35. The largest absolute Gasteiger partial charge is 0.341 e. The van der Waals surface area contributed by atoms with Crippen LogP contribution in [0.2, 0.25) is 0 Å². The molecule has 0 atom stereocenters. The number of hydrogen-bond acceptors (Lipinski definition) is 5. The normalized spacial score (nSPS) is 9.64. The van der Waals surface area contributed by atoms with Gasteiger partial charge in [-0.1, -0.05) is 0 Å². The van der Waals surface area contributed by atoms with Crippen molar-refractivity contribution in [2.45, 2.75) is 0 Å². The fourth-order valence-corrected chi connectivity index (χ4v) is 0.709. The van der Waals surface area contributed by atoms with Crippen molar-refractivity contribution in [1.82, 2.24) is 15.2 Å². The van der Waals surface area contributed by atoms with E-state index >= 15 is 0 Å². The van der Waals surface area contributed by atoms with E-state index in [2.05, 4.69) is 15.2 Å². The Kier molecular flexibility index (Phi) is 2.74. The molecule has 0 bridgehead atoms. The van der Waals surface area contributed by atoms with E-state index in [1.807, 2.05) is 11.9 Å². The Morgan fingerprint density at radius 1 is 1.55 bits per heavy atom. The Hall–Kier alpha value is -1.23. The van der Waals surface area contributed by atoms with Crippen LogP contribution in [0.15, 0.2) is 12.4 Å². The highest BCUT2D eigenvalue weighted by Crippen LogP contribution is 1.97. The van der Waals surface area contributed by atoms with Gasteiger partial charge in [0, 0.05) is 20.1 Å². The smallest absolute Gasteiger partial charge is 0.245 e. The lowest BCUT2D eigenvalue weighted by molar-refractivity contribution is 0.817. The molecular weight excluding hydrogens is 142 g/mol. The first kappa shape index (κ1) is 7.87. The van der Waals surface area contributed by atoms with Crippen LogP contribution < -0.4 is 10.6 Å². The SMILES string of the molecule is CN(CCN)c1nccnn1. The van der Waals surface area contributed by atoms with Crippen LogP contribution in [0.3, 0.4) is 0 Å². The van der Waals surface area contributed by atoms with Crippen molar-refractivity contribution >= 4 is 5.95 Å². The van der Waals surface area contributed by atoms with Gasteiger partial charge in [-0.25, -0.2) is 4.98 Å². The lowest BCUT2D eigenvalue weighted by Crippen LogP contribution is -2.26. The second-order valence-corrected chi connectivity index (χ2v) is 2.15. The zero-order valence-corrected chi connectivity index (χ0v) is 6.44. The maximum Gasteiger partial charge on any atom is 0.245 e. The van der Waals surface area contributed by atoms with E-state index in [1.54, 1.807) is 12.4 Å². The lowest BCUT2D eigenvalue weighted by atomic mass is 10.6. The molecule has 1 heterocycles. The average molecular weight is 153 g/mol. The maximum absolute atomic E-state index is 5.35. The van der Waals surface area contributed by atoms with Crippen molar-refractivity contribution in [2.24, 2.45) is 5.73 Å². The van der Waals surface area contributed by atoms with Crippen LogP contribution >= 0.6 is 0 Å². The van der Waals surface area contributed by atoms with Crippen LogP contribution in [-0.4, -0.2) is 35.3 Å². The third-order valence-electron chi connectivity index (χ3n) is 1.28. The van der Waals surface area contributed by atoms with Crippen LogP contribution in [0.4, 0.5) is 5.95 Å². The van der Waals surface area contributed by atoms with E-state index in [9.17, 15) is 0 Å². The van der Waals surface area contributed by atoms with Gasteiger partial charge in [-0.2, -0.15) is 5.10 Å². The van der Waals surface area contributed by atoms with E-state index in [-0.39, 0.29) is 0 Å². The number of rotatable bonds is 3. The number of nitrogens with zero attached hydrogens (tertiary/aromatic N) is 4. The summed E-state index contributed by atoms with van der Waals surface area (Å²) in [6, 6.07) is 0. The summed E-state index contributed by atoms with van der Waals surface area (Å²) in [7, 11) is 1.88. The monoisotopic (exact) mass is 153 g/mol. The summed E-state index contributed by atoms with van der Waals surface area (Å²) in [6.07, 6.45) is 3.15. The van der Waals surface area contributed by atoms with Gasteiger partial charge in [0.25, 0.3) is 0 Å². The van der Waals surface area contributed by atoms with Crippen molar-refractivity contribution in [1.29, 1.82) is 0 Å². The summed E-state index contributed by atoms with van der Waals surface area (Å²) < 4.78 is 0. The zero-order valence-electron chi connectivity index (χ0n) is 6.44. The van der Waals surface area contributed by atoms with Gasteiger partial charge in [0.05, 0.1) is 12.4 Å². The zero-order chi connectivity index (χ0) is 8.10. The van der Waals surface area contributed by atoms with Crippen LogP contribution in [0.1, 0.15) is 0 Å². The number of hydrogen-bond donors (Lipinski definition) is 1. The molecule has 5 heteroatoms. The van der Waals surface area contributed by atoms with Gasteiger partial charge in [0.1, 0.15) is 0 Å². The predicted octanol–water partition coefficient (Wildman–Crippen LogP) is -0.734. The molecule has 5 nitrogen and oxygen atoms in total. The van der Waals surface area contributed by atoms with E-state index in [4.69, 9.17) is 5.73 Å². The Morgan fingerprint density at radius 3 is 2.91 bits per heavy atom. The predicted molar refractivity (Wildman–Crippen MR) is 42.2 cm³/mol. The van der Waals surface area contributed by atoms with Crippen molar-refractivity contribution in [2.75, 3.05) is 25.0 Å². The first-order chi connectivity index (χ1) is 5.34. The summed E-state index contributed by atoms with van der Waals surface area (Å²) in [6.45, 7) is 1.33. The molecule has 11 heavy (non-hydrogen) atoms. The first-order valence-corrected chi connectivity index (χ1v) is 3.39. The number of likely N-dealkylation sites (N-methyl/N-ethyl adjacent to an activating group) is 1. The molecular formula is C6H11N5. The van der Waals surface area contributed by atoms with Crippen LogP contribution in [0.25, 0.3) is 0 Å². The van der Waals surface area contributed by atoms with Gasteiger partial charge in [0.2, 0.25) is 5.95 Å². The molecule has 2 N–H and O–H groups in total. The molecule has 1 aromatic heterocycles. The van der Waals surface area contributed by atoms with Crippen molar-refractivity contribution in [3.05, 3.63) is 12.4 Å². The van der Waals surface area contributed by atoms with E-state index < -0.39 is 0 Å². The molecule has 0 radical (unpaired) electrons. The van der Waals surface area contributed by atoms with E-state index in [1.165, 1.54) is 0 Å². The number of anilines is 1. The molecule has 1 rings (SSSR count). The molecule has 0 aliphatic heterocycles. The highest BCUT2D eigenvalue weighted by molar-refractivity contribution is 5.24. The fourth-order valence-electron chi connectivity index (χ4n) is 0.709. The Labute approximate surface area is 65.3 Å². The van der Waals surface area contributed by atoms with Crippen molar-refractivity contribution in [3.63, 3.8) is 0 Å². The third-order valence-corrected chi connectivity index (χ3v) is 1.28. The molecule has 0 amide bonds. The van der Waals surface area contributed by atoms with E-state index in [0.29, 0.717) is 12.5 Å². The fraction of sp³-hybridized carbons (Fsp3) is 0.500. The third kappa shape index (κ3) is 2.12. The second kappa shape index (κ2) is 3.82. The Bertz CT molecular complexity index is 199. The van der Waals surface area contributed by atoms with Gasteiger partial charge < -0.3 is 10.6 Å². The molecule has 0 fully saturated rings. The molecule has 1 aromatic rings. The lowest BCUT2D eigenvalue weighted by Gasteiger charge is -2.13. The van der Waals surface area contributed by atoms with Crippen LogP contribution in [-0.2, 0) is 0 Å². The van der Waals surface area contributed by atoms with Gasteiger partial charge >= 0.3 is 0 Å². The van der Waals surface area contributed by atoms with Gasteiger partial charge in [0.15, 0.2) is 0 Å². The molecule has 0 aliphatic carbocycles. The molecule has 0 saturated carbocycles. The number of aromatic nitrogens is 3. The summed E-state index contributed by atoms with van der Waals surface area (Å²) in [5, 5.41) is 7.50. The summed E-state index contributed by atoms with van der Waals surface area (Å²) in [5.74, 6) is 0.609. The van der Waals surface area contributed by atoms with Crippen LogP contribution in [0.5, 0.6) is 0 Å². The first-order valence-electron chi connectivity index (χ1n) is 3.39. The Balaban J connectivity index is 2.61. The highest BCUT2D eigenvalue weighted by atomic mass is 15.3. The minimum atomic E-state index is 0.592. The molecule has 0 aliphatic rings. The standard InChI is InChI=1S/C6H11N5/c1-11(5-2-7)6-8-3-4-9-10-6/h3-4H,2,5,7H2,1H3. The van der Waals surface area contributed by atoms with Gasteiger partial charge in [-0.05, 0) is 0 Å². The summed E-state index contributed by atoms with van der Waals surface area (Å²) >= 11 is 0. The van der Waals surface area contributed by atoms with Gasteiger partial charge in [-0.15, -0.1) is 5.10 Å². The molecule has 60 valence electrons. The topological polar surface area (TPSA) is 67.9 Å². The minimum Gasteiger partial charge on any atom is -0.341 e. The summed E-state index contributed by atoms with van der Waals surface area (Å²) in [4.78, 5) is 5.85. The van der Waals surface area contributed by atoms with E-state index in [0.717, 1.165) is 6.54 Å². The average Bonchev–Trinajstić information content (AvgIpc) is 2.07.